The molecular weight excluding hydrogens is 403 g/mol. The van der Waals surface area contributed by atoms with Gasteiger partial charge in [0, 0.05) is 10.1 Å². The number of benzene rings is 1. The first-order valence-corrected chi connectivity index (χ1v) is 8.55. The maximum Gasteiger partial charge on any atom is 0.250 e. The second-order valence-electron chi connectivity index (χ2n) is 5.52. The second-order valence-corrected chi connectivity index (χ2v) is 7.18. The Morgan fingerprint density at radius 1 is 1.24 bits per heavy atom. The largest absolute Gasteiger partial charge is 0.329 e. The fourth-order valence-electron chi connectivity index (χ4n) is 3.16. The van der Waals surface area contributed by atoms with Crippen molar-refractivity contribution < 1.29 is 9.59 Å². The lowest BCUT2D eigenvalue weighted by Crippen LogP contribution is -2.65. The summed E-state index contributed by atoms with van der Waals surface area (Å²) in [5, 5.41) is 0.513. The van der Waals surface area contributed by atoms with E-state index in [1.807, 2.05) is 18.2 Å². The summed E-state index contributed by atoms with van der Waals surface area (Å²) in [4.78, 5) is 28.7. The molecule has 0 radical (unpaired) electrons. The molecule has 2 unspecified atom stereocenters. The normalized spacial score (nSPS) is 26.0. The molecule has 2 fully saturated rings. The molecule has 2 amide bonds. The van der Waals surface area contributed by atoms with Crippen LogP contribution in [-0.4, -0.2) is 35.3 Å². The van der Waals surface area contributed by atoms with Crippen molar-refractivity contribution >= 4 is 51.7 Å². The van der Waals surface area contributed by atoms with Gasteiger partial charge in [0.25, 0.3) is 5.91 Å². The highest BCUT2D eigenvalue weighted by atomic mass is 127. The Morgan fingerprint density at radius 3 is 2.71 bits per heavy atom. The minimum absolute atomic E-state index is 0.00934. The molecule has 2 heterocycles. The Kier molecular flexibility index (Phi) is 4.14. The van der Waals surface area contributed by atoms with Gasteiger partial charge < -0.3 is 4.90 Å². The van der Waals surface area contributed by atoms with Gasteiger partial charge in [-0.1, -0.05) is 11.6 Å². The molecule has 1 aromatic carbocycles. The average Bonchev–Trinajstić information content (AvgIpc) is 2.47. The van der Waals surface area contributed by atoms with E-state index in [0.29, 0.717) is 17.3 Å². The van der Waals surface area contributed by atoms with E-state index in [9.17, 15) is 9.59 Å². The van der Waals surface area contributed by atoms with Gasteiger partial charge in [-0.15, -0.1) is 0 Å². The van der Waals surface area contributed by atoms with Crippen molar-refractivity contribution in [1.29, 1.82) is 0 Å². The summed E-state index contributed by atoms with van der Waals surface area (Å²) in [6.45, 7) is 2.47. The van der Waals surface area contributed by atoms with Crippen molar-refractivity contribution in [3.63, 3.8) is 0 Å². The number of fused-ring (bicyclic) bond motifs is 1. The van der Waals surface area contributed by atoms with E-state index >= 15 is 0 Å². The molecule has 21 heavy (non-hydrogen) atoms. The van der Waals surface area contributed by atoms with Crippen molar-refractivity contribution in [2.75, 3.05) is 11.4 Å². The number of piperidine rings is 1. The van der Waals surface area contributed by atoms with Crippen molar-refractivity contribution in [3.05, 3.63) is 26.8 Å². The SMILES string of the molecule is CC1C(=O)N2CCCCC2C(=O)N1c1ccc(I)cc1Cl. The van der Waals surface area contributed by atoms with Crippen LogP contribution in [-0.2, 0) is 9.59 Å². The fraction of sp³-hybridized carbons (Fsp3) is 0.467. The summed E-state index contributed by atoms with van der Waals surface area (Å²) in [6.07, 6.45) is 2.71. The molecular formula is C15H16ClIN2O2. The summed E-state index contributed by atoms with van der Waals surface area (Å²) in [6, 6.07) is 4.72. The molecule has 2 aliphatic rings. The summed E-state index contributed by atoms with van der Waals surface area (Å²) in [5.41, 5.74) is 0.633. The number of nitrogens with zero attached hydrogens (tertiary/aromatic N) is 2. The molecule has 6 heteroatoms. The lowest BCUT2D eigenvalue weighted by atomic mass is 9.95. The maximum atomic E-state index is 12.8. The van der Waals surface area contributed by atoms with Crippen LogP contribution in [0.5, 0.6) is 0 Å². The van der Waals surface area contributed by atoms with Crippen LogP contribution in [0.2, 0.25) is 5.02 Å². The van der Waals surface area contributed by atoms with E-state index in [0.717, 1.165) is 22.8 Å². The van der Waals surface area contributed by atoms with Gasteiger partial charge in [0.2, 0.25) is 5.91 Å². The maximum absolute atomic E-state index is 12.8. The number of anilines is 1. The Bertz CT molecular complexity index is 607. The average molecular weight is 419 g/mol. The second kappa shape index (κ2) is 5.76. The van der Waals surface area contributed by atoms with Gasteiger partial charge in [-0.2, -0.15) is 0 Å². The zero-order chi connectivity index (χ0) is 15.1. The number of piperazine rings is 1. The van der Waals surface area contributed by atoms with E-state index in [1.54, 1.807) is 16.7 Å². The molecule has 0 aliphatic carbocycles. The summed E-state index contributed by atoms with van der Waals surface area (Å²) < 4.78 is 1.00. The molecule has 0 spiro atoms. The van der Waals surface area contributed by atoms with Crippen LogP contribution in [0.15, 0.2) is 18.2 Å². The Morgan fingerprint density at radius 2 is 2.00 bits per heavy atom. The molecule has 2 atom stereocenters. The van der Waals surface area contributed by atoms with Crippen LogP contribution in [0, 0.1) is 3.57 Å². The third-order valence-corrected chi connectivity index (χ3v) is 5.20. The number of hydrogen-bond donors (Lipinski definition) is 0. The highest BCUT2D eigenvalue weighted by Crippen LogP contribution is 2.34. The summed E-state index contributed by atoms with van der Waals surface area (Å²) in [7, 11) is 0. The first-order valence-electron chi connectivity index (χ1n) is 7.09. The van der Waals surface area contributed by atoms with E-state index in [1.165, 1.54) is 0 Å². The van der Waals surface area contributed by atoms with Gasteiger partial charge in [0.15, 0.2) is 0 Å². The molecule has 0 bridgehead atoms. The van der Waals surface area contributed by atoms with Crippen LogP contribution in [0.3, 0.4) is 0 Å². The lowest BCUT2D eigenvalue weighted by Gasteiger charge is -2.46. The van der Waals surface area contributed by atoms with Crippen molar-refractivity contribution in [2.45, 2.75) is 38.3 Å². The van der Waals surface area contributed by atoms with E-state index in [2.05, 4.69) is 22.6 Å². The molecule has 0 N–H and O–H groups in total. The summed E-state index contributed by atoms with van der Waals surface area (Å²) in [5.74, 6) is 0.0128. The topological polar surface area (TPSA) is 40.6 Å². The lowest BCUT2D eigenvalue weighted by molar-refractivity contribution is -0.147. The number of carbonyl (C=O) groups is 2. The molecule has 0 aromatic heterocycles. The molecule has 3 rings (SSSR count). The standard InChI is InChI=1S/C15H16ClIN2O2/c1-9-14(20)18-7-3-2-4-13(18)15(21)19(9)12-6-5-10(17)8-11(12)16/h5-6,8-9,13H,2-4,7H2,1H3. The number of carbonyl (C=O) groups excluding carboxylic acids is 2. The Hall–Kier alpha value is -0.820. The molecule has 2 aliphatic heterocycles. The fourth-order valence-corrected chi connectivity index (χ4v) is 4.10. The summed E-state index contributed by atoms with van der Waals surface area (Å²) >= 11 is 8.47. The predicted octanol–water partition coefficient (Wildman–Crippen LogP) is 3.06. The van der Waals surface area contributed by atoms with Crippen molar-refractivity contribution in [2.24, 2.45) is 0 Å². The monoisotopic (exact) mass is 418 g/mol. The minimum atomic E-state index is -0.496. The first-order chi connectivity index (χ1) is 10.0. The van der Waals surface area contributed by atoms with E-state index in [4.69, 9.17) is 11.6 Å². The highest BCUT2D eigenvalue weighted by molar-refractivity contribution is 14.1. The molecule has 1 aromatic rings. The molecule has 0 saturated carbocycles. The van der Waals surface area contributed by atoms with Gasteiger partial charge in [-0.25, -0.2) is 0 Å². The third-order valence-electron chi connectivity index (χ3n) is 4.22. The predicted molar refractivity (Wildman–Crippen MR) is 90.5 cm³/mol. The zero-order valence-electron chi connectivity index (χ0n) is 11.7. The minimum Gasteiger partial charge on any atom is -0.329 e. The first kappa shape index (κ1) is 15.1. The number of hydrogen-bond acceptors (Lipinski definition) is 2. The Labute approximate surface area is 142 Å². The zero-order valence-corrected chi connectivity index (χ0v) is 14.6. The van der Waals surface area contributed by atoms with Crippen LogP contribution >= 0.6 is 34.2 Å². The van der Waals surface area contributed by atoms with Crippen molar-refractivity contribution in [1.82, 2.24) is 4.90 Å². The van der Waals surface area contributed by atoms with Gasteiger partial charge >= 0.3 is 0 Å². The van der Waals surface area contributed by atoms with Gasteiger partial charge in [-0.05, 0) is 67.0 Å². The van der Waals surface area contributed by atoms with Gasteiger partial charge in [0.05, 0.1) is 10.7 Å². The van der Waals surface area contributed by atoms with E-state index < -0.39 is 6.04 Å². The van der Waals surface area contributed by atoms with Crippen LogP contribution in [0.1, 0.15) is 26.2 Å². The van der Waals surface area contributed by atoms with E-state index in [-0.39, 0.29) is 17.9 Å². The van der Waals surface area contributed by atoms with Crippen molar-refractivity contribution in [3.8, 4) is 0 Å². The number of amides is 2. The van der Waals surface area contributed by atoms with Gasteiger partial charge in [0.1, 0.15) is 12.1 Å². The van der Waals surface area contributed by atoms with Crippen LogP contribution in [0.25, 0.3) is 0 Å². The van der Waals surface area contributed by atoms with Crippen LogP contribution in [0.4, 0.5) is 5.69 Å². The van der Waals surface area contributed by atoms with Crippen LogP contribution < -0.4 is 4.90 Å². The molecule has 112 valence electrons. The Balaban J connectivity index is 2.01. The molecule has 2 saturated heterocycles. The third kappa shape index (κ3) is 2.54. The highest BCUT2D eigenvalue weighted by Gasteiger charge is 2.45. The smallest absolute Gasteiger partial charge is 0.250 e. The quantitative estimate of drug-likeness (QED) is 0.658. The number of rotatable bonds is 1. The molecule has 4 nitrogen and oxygen atoms in total. The van der Waals surface area contributed by atoms with Gasteiger partial charge in [-0.3, -0.25) is 14.5 Å². The number of halogens is 2.